The Morgan fingerprint density at radius 2 is 2.00 bits per heavy atom. The number of carbonyl (C=O) groups excluding carboxylic acids is 1. The number of methoxy groups -OCH3 is 2. The maximum absolute atomic E-state index is 12.1. The van der Waals surface area contributed by atoms with Gasteiger partial charge in [-0.2, -0.15) is 0 Å². The fraction of sp³-hybridized carbons (Fsp3) is 0.105. The molecule has 1 amide bonds. The lowest BCUT2D eigenvalue weighted by molar-refractivity contribution is -0.115. The number of benzene rings is 2. The van der Waals surface area contributed by atoms with Crippen LogP contribution >= 0.6 is 46.8 Å². The number of thiazole rings is 1. The number of rotatable bonds is 5. The molecule has 1 aromatic heterocycles. The number of halogens is 2. The van der Waals surface area contributed by atoms with Crippen LogP contribution in [0.4, 0.5) is 5.13 Å². The predicted molar refractivity (Wildman–Crippen MR) is 123 cm³/mol. The molecule has 1 heterocycles. The van der Waals surface area contributed by atoms with Gasteiger partial charge in [0.05, 0.1) is 18.9 Å². The number of fused-ring (bicyclic) bond motifs is 1. The first kappa shape index (κ1) is 21.3. The summed E-state index contributed by atoms with van der Waals surface area (Å²) in [7, 11) is 3.14. The van der Waals surface area contributed by atoms with Crippen LogP contribution < -0.4 is 20.1 Å². The lowest BCUT2D eigenvalue weighted by Crippen LogP contribution is -2.32. The van der Waals surface area contributed by atoms with Crippen LogP contribution in [-0.2, 0) is 4.79 Å². The zero-order chi connectivity index (χ0) is 21.0. The summed E-state index contributed by atoms with van der Waals surface area (Å²) in [5.74, 6) is 0.835. The largest absolute Gasteiger partial charge is 0.497 e. The zero-order valence-electron chi connectivity index (χ0n) is 15.3. The Morgan fingerprint density at radius 3 is 2.69 bits per heavy atom. The summed E-state index contributed by atoms with van der Waals surface area (Å²) in [6.07, 6.45) is 2.90. The number of amides is 1. The van der Waals surface area contributed by atoms with E-state index >= 15 is 0 Å². The van der Waals surface area contributed by atoms with E-state index in [1.165, 1.54) is 17.4 Å². The molecule has 2 aromatic carbocycles. The molecule has 0 radical (unpaired) electrons. The summed E-state index contributed by atoms with van der Waals surface area (Å²) in [6.45, 7) is 0. The van der Waals surface area contributed by atoms with Gasteiger partial charge in [-0.1, -0.05) is 40.6 Å². The average Bonchev–Trinajstić information content (AvgIpc) is 3.08. The van der Waals surface area contributed by atoms with E-state index in [0.29, 0.717) is 37.8 Å². The second kappa shape index (κ2) is 9.41. The maximum Gasteiger partial charge on any atom is 0.250 e. The molecule has 0 fully saturated rings. The molecule has 10 heteroatoms. The highest BCUT2D eigenvalue weighted by Crippen LogP contribution is 2.36. The average molecular weight is 468 g/mol. The molecule has 3 aromatic rings. The lowest BCUT2D eigenvalue weighted by atomic mass is 10.2. The van der Waals surface area contributed by atoms with Crippen LogP contribution in [0.25, 0.3) is 16.3 Å². The third-order valence-corrected chi connectivity index (χ3v) is 5.41. The highest BCUT2D eigenvalue weighted by molar-refractivity contribution is 7.80. The SMILES string of the molecule is COc1cc(OC)c2nc(NC(=S)NC(=O)C=Cc3ccc(Cl)cc3Cl)sc2c1. The van der Waals surface area contributed by atoms with Crippen molar-refractivity contribution in [2.24, 2.45) is 0 Å². The number of thiocarbonyl (C=S) groups is 1. The van der Waals surface area contributed by atoms with Crippen LogP contribution in [0.1, 0.15) is 5.56 Å². The van der Waals surface area contributed by atoms with Crippen LogP contribution in [-0.4, -0.2) is 30.2 Å². The van der Waals surface area contributed by atoms with Crippen molar-refractivity contribution in [3.63, 3.8) is 0 Å². The van der Waals surface area contributed by atoms with Gasteiger partial charge in [0.2, 0.25) is 5.91 Å². The molecule has 6 nitrogen and oxygen atoms in total. The van der Waals surface area contributed by atoms with E-state index in [0.717, 1.165) is 4.70 Å². The van der Waals surface area contributed by atoms with Gasteiger partial charge in [0.15, 0.2) is 10.2 Å². The van der Waals surface area contributed by atoms with Crippen molar-refractivity contribution in [2.75, 3.05) is 19.5 Å². The highest BCUT2D eigenvalue weighted by atomic mass is 35.5. The highest BCUT2D eigenvalue weighted by Gasteiger charge is 2.13. The minimum Gasteiger partial charge on any atom is -0.497 e. The van der Waals surface area contributed by atoms with E-state index < -0.39 is 5.91 Å². The van der Waals surface area contributed by atoms with Crippen LogP contribution in [0.15, 0.2) is 36.4 Å². The summed E-state index contributed by atoms with van der Waals surface area (Å²) in [4.78, 5) is 16.6. The molecule has 0 aliphatic heterocycles. The summed E-state index contributed by atoms with van der Waals surface area (Å²) >= 11 is 18.5. The van der Waals surface area contributed by atoms with Gasteiger partial charge in [-0.3, -0.25) is 10.1 Å². The summed E-state index contributed by atoms with van der Waals surface area (Å²) < 4.78 is 11.5. The topological polar surface area (TPSA) is 72.5 Å². The summed E-state index contributed by atoms with van der Waals surface area (Å²) in [5, 5.41) is 7.06. The maximum atomic E-state index is 12.1. The van der Waals surface area contributed by atoms with E-state index in [1.54, 1.807) is 44.6 Å². The molecular weight excluding hydrogens is 453 g/mol. The van der Waals surface area contributed by atoms with Crippen molar-refractivity contribution < 1.29 is 14.3 Å². The third-order valence-electron chi connectivity index (χ3n) is 3.72. The first-order chi connectivity index (χ1) is 13.9. The van der Waals surface area contributed by atoms with Gasteiger partial charge in [0.1, 0.15) is 17.0 Å². The van der Waals surface area contributed by atoms with Gasteiger partial charge in [-0.25, -0.2) is 4.98 Å². The number of nitrogens with zero attached hydrogens (tertiary/aromatic N) is 1. The molecule has 0 aliphatic carbocycles. The Balaban J connectivity index is 1.67. The van der Waals surface area contributed by atoms with E-state index in [2.05, 4.69) is 15.6 Å². The van der Waals surface area contributed by atoms with Crippen LogP contribution in [0.3, 0.4) is 0 Å². The number of anilines is 1. The Labute approximate surface area is 186 Å². The number of carbonyl (C=O) groups is 1. The molecular formula is C19H15Cl2N3O3S2. The molecule has 3 rings (SSSR count). The predicted octanol–water partition coefficient (Wildman–Crippen LogP) is 5.15. The molecule has 0 saturated carbocycles. The Kier molecular flexibility index (Phi) is 6.92. The molecule has 0 saturated heterocycles. The van der Waals surface area contributed by atoms with Gasteiger partial charge < -0.3 is 14.8 Å². The minimum absolute atomic E-state index is 0.117. The summed E-state index contributed by atoms with van der Waals surface area (Å²) in [6, 6.07) is 8.60. The van der Waals surface area contributed by atoms with Crippen molar-refractivity contribution in [2.45, 2.75) is 0 Å². The fourth-order valence-corrected chi connectivity index (χ4v) is 4.04. The van der Waals surface area contributed by atoms with E-state index in [-0.39, 0.29) is 5.11 Å². The van der Waals surface area contributed by atoms with Crippen LogP contribution in [0.5, 0.6) is 11.5 Å². The number of hydrogen-bond acceptors (Lipinski definition) is 6. The Morgan fingerprint density at radius 1 is 1.21 bits per heavy atom. The summed E-state index contributed by atoms with van der Waals surface area (Å²) in [5.41, 5.74) is 1.34. The third kappa shape index (κ3) is 5.36. The van der Waals surface area contributed by atoms with Crippen molar-refractivity contribution in [3.8, 4) is 11.5 Å². The lowest BCUT2D eigenvalue weighted by Gasteiger charge is -2.05. The molecule has 0 unspecified atom stereocenters. The molecule has 29 heavy (non-hydrogen) atoms. The first-order valence-electron chi connectivity index (χ1n) is 8.17. The van der Waals surface area contributed by atoms with E-state index in [9.17, 15) is 4.79 Å². The molecule has 0 spiro atoms. The quantitative estimate of drug-likeness (QED) is 0.399. The molecule has 0 bridgehead atoms. The Bertz CT molecular complexity index is 1120. The molecule has 0 atom stereocenters. The van der Waals surface area contributed by atoms with Gasteiger partial charge in [-0.05, 0) is 42.1 Å². The van der Waals surface area contributed by atoms with Gasteiger partial charge in [0.25, 0.3) is 0 Å². The van der Waals surface area contributed by atoms with E-state index in [4.69, 9.17) is 44.9 Å². The number of aromatic nitrogens is 1. The van der Waals surface area contributed by atoms with Crippen LogP contribution in [0.2, 0.25) is 10.0 Å². The fourth-order valence-electron chi connectivity index (χ4n) is 2.39. The standard InChI is InChI=1S/C19H15Cl2N3O3S2/c1-26-12-8-14(27-2)17-15(9-12)29-19(23-17)24-18(28)22-16(25)6-4-10-3-5-11(20)7-13(10)21/h3-9H,1-2H3,(H2,22,23,24,25,28). The van der Waals surface area contributed by atoms with Gasteiger partial charge in [0, 0.05) is 22.2 Å². The second-order valence-corrected chi connectivity index (χ2v) is 7.92. The number of nitrogens with one attached hydrogen (secondary N) is 2. The number of ether oxygens (including phenoxy) is 2. The van der Waals surface area contributed by atoms with Crippen molar-refractivity contribution >= 4 is 79.2 Å². The molecule has 2 N–H and O–H groups in total. The first-order valence-corrected chi connectivity index (χ1v) is 10.2. The van der Waals surface area contributed by atoms with Crippen LogP contribution in [0, 0.1) is 0 Å². The van der Waals surface area contributed by atoms with Crippen molar-refractivity contribution in [1.82, 2.24) is 10.3 Å². The second-order valence-electron chi connectivity index (χ2n) is 5.64. The smallest absolute Gasteiger partial charge is 0.250 e. The number of hydrogen-bond donors (Lipinski definition) is 2. The Hall–Kier alpha value is -2.39. The molecule has 0 aliphatic rings. The normalized spacial score (nSPS) is 10.9. The zero-order valence-corrected chi connectivity index (χ0v) is 18.4. The van der Waals surface area contributed by atoms with Gasteiger partial charge in [-0.15, -0.1) is 0 Å². The van der Waals surface area contributed by atoms with E-state index in [1.807, 2.05) is 6.07 Å². The van der Waals surface area contributed by atoms with Crippen molar-refractivity contribution in [1.29, 1.82) is 0 Å². The molecule has 150 valence electrons. The minimum atomic E-state index is -0.408. The van der Waals surface area contributed by atoms with Crippen molar-refractivity contribution in [3.05, 3.63) is 52.0 Å². The van der Waals surface area contributed by atoms with Gasteiger partial charge >= 0.3 is 0 Å². The monoisotopic (exact) mass is 467 g/mol.